The van der Waals surface area contributed by atoms with Crippen molar-refractivity contribution in [2.45, 2.75) is 78.4 Å². The van der Waals surface area contributed by atoms with Crippen LogP contribution in [0.15, 0.2) is 0 Å². The molecule has 2 nitrogen and oxygen atoms in total. The number of hydrogen-bond acceptors (Lipinski definition) is 2. The van der Waals surface area contributed by atoms with Crippen LogP contribution in [0.5, 0.6) is 0 Å². The number of rotatable bonds is 8. The second-order valence-corrected chi connectivity index (χ2v) is 12.0. The summed E-state index contributed by atoms with van der Waals surface area (Å²) in [6, 6.07) is 0. The van der Waals surface area contributed by atoms with E-state index in [1.54, 1.807) is 0 Å². The van der Waals surface area contributed by atoms with Gasteiger partial charge in [0, 0.05) is 17.9 Å². The molecule has 0 aromatic carbocycles. The van der Waals surface area contributed by atoms with Crippen molar-refractivity contribution in [3.05, 3.63) is 0 Å². The van der Waals surface area contributed by atoms with Gasteiger partial charge < -0.3 is 4.74 Å². The second-order valence-electron chi connectivity index (χ2n) is 7.41. The van der Waals surface area contributed by atoms with Gasteiger partial charge in [-0.3, -0.25) is 4.72 Å². The van der Waals surface area contributed by atoms with Gasteiger partial charge in [0.05, 0.1) is 5.60 Å². The average molecular weight is 312 g/mol. The molecule has 0 amide bonds. The topological polar surface area (TPSA) is 21.3 Å². The van der Waals surface area contributed by atoms with Crippen LogP contribution in [0.3, 0.4) is 0 Å². The fraction of sp³-hybridized carbons (Fsp3) is 1.00. The molecular formula is C15H34ClNOS. The maximum Gasteiger partial charge on any atom is 0.0598 e. The Balaban J connectivity index is 3.59. The standard InChI is InChI=1S/C15H34ClNOS/c1-14(2,3)17-19(7,16)13-11-9-8-10-12-18-15(4,5)6/h17H,8-13H2,1-7H3. The van der Waals surface area contributed by atoms with Gasteiger partial charge in [0.2, 0.25) is 0 Å². The van der Waals surface area contributed by atoms with Gasteiger partial charge in [-0.1, -0.05) is 23.5 Å². The molecule has 1 N–H and O–H groups in total. The molecule has 0 heterocycles. The summed E-state index contributed by atoms with van der Waals surface area (Å²) in [6.45, 7) is 13.7. The summed E-state index contributed by atoms with van der Waals surface area (Å²) in [5.41, 5.74) is 0.0991. The average Bonchev–Trinajstić information content (AvgIpc) is 2.10. The van der Waals surface area contributed by atoms with Gasteiger partial charge in [-0.2, -0.15) is 0 Å². The Morgan fingerprint density at radius 1 is 0.947 bits per heavy atom. The monoisotopic (exact) mass is 311 g/mol. The Bertz CT molecular complexity index is 244. The fourth-order valence-corrected chi connectivity index (χ4v) is 5.04. The minimum atomic E-state index is -1.16. The van der Waals surface area contributed by atoms with Crippen molar-refractivity contribution in [3.63, 3.8) is 0 Å². The van der Waals surface area contributed by atoms with E-state index >= 15 is 0 Å². The van der Waals surface area contributed by atoms with E-state index in [2.05, 4.69) is 52.5 Å². The molecule has 0 bridgehead atoms. The molecule has 0 rings (SSSR count). The zero-order valence-corrected chi connectivity index (χ0v) is 15.5. The fourth-order valence-electron chi connectivity index (χ4n) is 1.90. The molecule has 1 unspecified atom stereocenters. The maximum absolute atomic E-state index is 6.57. The Labute approximate surface area is 127 Å². The molecule has 0 aliphatic heterocycles. The Morgan fingerprint density at radius 2 is 1.47 bits per heavy atom. The molecule has 0 fully saturated rings. The van der Waals surface area contributed by atoms with E-state index in [0.717, 1.165) is 18.8 Å². The van der Waals surface area contributed by atoms with Crippen LogP contribution in [-0.2, 0) is 4.74 Å². The van der Waals surface area contributed by atoms with Crippen molar-refractivity contribution in [3.8, 4) is 0 Å². The van der Waals surface area contributed by atoms with Gasteiger partial charge in [-0.25, -0.2) is 0 Å². The Kier molecular flexibility index (Phi) is 8.35. The number of halogens is 1. The van der Waals surface area contributed by atoms with E-state index in [1.165, 1.54) is 19.3 Å². The third-order valence-corrected chi connectivity index (χ3v) is 5.26. The van der Waals surface area contributed by atoms with Crippen molar-refractivity contribution in [1.29, 1.82) is 0 Å². The highest BCUT2D eigenvalue weighted by Crippen LogP contribution is 2.47. The zero-order chi connectivity index (χ0) is 15.2. The van der Waals surface area contributed by atoms with Gasteiger partial charge in [-0.05, 0) is 60.6 Å². The molecule has 0 aromatic rings. The summed E-state index contributed by atoms with van der Waals surface area (Å²) in [5.74, 6) is 1.09. The molecule has 118 valence electrons. The van der Waals surface area contributed by atoms with Crippen molar-refractivity contribution in [2.24, 2.45) is 0 Å². The van der Waals surface area contributed by atoms with Crippen LogP contribution in [0, 0.1) is 0 Å². The SMILES string of the molecule is CC(C)(C)NS(C)(Cl)CCCCCCOC(C)(C)C. The predicted octanol–water partition coefficient (Wildman–Crippen LogP) is 5.25. The van der Waals surface area contributed by atoms with Crippen LogP contribution in [-0.4, -0.2) is 29.8 Å². The van der Waals surface area contributed by atoms with Crippen LogP contribution >= 0.6 is 20.1 Å². The summed E-state index contributed by atoms with van der Waals surface area (Å²) in [7, 11) is 5.40. The van der Waals surface area contributed by atoms with E-state index in [1.807, 2.05) is 0 Å². The van der Waals surface area contributed by atoms with Gasteiger partial charge >= 0.3 is 0 Å². The quantitative estimate of drug-likeness (QED) is 0.618. The third-order valence-electron chi connectivity index (χ3n) is 2.48. The molecule has 4 heteroatoms. The molecule has 0 aliphatic carbocycles. The first kappa shape index (κ1) is 19.6. The van der Waals surface area contributed by atoms with Crippen LogP contribution in [0.2, 0.25) is 0 Å². The minimum absolute atomic E-state index is 0.00448. The molecule has 19 heavy (non-hydrogen) atoms. The number of ether oxygens (including phenoxy) is 1. The largest absolute Gasteiger partial charge is 0.376 e. The number of unbranched alkanes of at least 4 members (excludes halogenated alkanes) is 3. The van der Waals surface area contributed by atoms with Crippen molar-refractivity contribution >= 4 is 20.1 Å². The second kappa shape index (κ2) is 8.11. The highest BCUT2D eigenvalue weighted by atomic mass is 35.7. The predicted molar refractivity (Wildman–Crippen MR) is 91.3 cm³/mol. The third kappa shape index (κ3) is 14.8. The van der Waals surface area contributed by atoms with Crippen LogP contribution in [0.1, 0.15) is 67.2 Å². The molecule has 1 atom stereocenters. The van der Waals surface area contributed by atoms with Gasteiger partial charge in [0.15, 0.2) is 0 Å². The normalized spacial score (nSPS) is 18.1. The lowest BCUT2D eigenvalue weighted by Crippen LogP contribution is -2.36. The van der Waals surface area contributed by atoms with Gasteiger partial charge in [0.25, 0.3) is 0 Å². The molecule has 0 spiro atoms. The van der Waals surface area contributed by atoms with Gasteiger partial charge in [-0.15, -0.1) is 9.43 Å². The summed E-state index contributed by atoms with van der Waals surface area (Å²) < 4.78 is 9.25. The highest BCUT2D eigenvalue weighted by molar-refractivity contribution is 8.49. The van der Waals surface area contributed by atoms with E-state index < -0.39 is 9.43 Å². The Morgan fingerprint density at radius 3 is 1.95 bits per heavy atom. The first-order chi connectivity index (χ1) is 8.41. The van der Waals surface area contributed by atoms with Crippen LogP contribution < -0.4 is 4.72 Å². The first-order valence-corrected chi connectivity index (χ1v) is 10.3. The lowest BCUT2D eigenvalue weighted by Gasteiger charge is -2.37. The summed E-state index contributed by atoms with van der Waals surface area (Å²) in [5, 5.41) is 0. The van der Waals surface area contributed by atoms with E-state index in [0.29, 0.717) is 0 Å². The molecule has 0 radical (unpaired) electrons. The van der Waals surface area contributed by atoms with Crippen molar-refractivity contribution < 1.29 is 4.74 Å². The molecule has 0 aromatic heterocycles. The van der Waals surface area contributed by atoms with E-state index in [-0.39, 0.29) is 11.1 Å². The van der Waals surface area contributed by atoms with Crippen LogP contribution in [0.4, 0.5) is 0 Å². The lowest BCUT2D eigenvalue weighted by molar-refractivity contribution is -0.00470. The van der Waals surface area contributed by atoms with Crippen molar-refractivity contribution in [1.82, 2.24) is 4.72 Å². The lowest BCUT2D eigenvalue weighted by atomic mass is 10.1. The van der Waals surface area contributed by atoms with Gasteiger partial charge in [0.1, 0.15) is 0 Å². The Hall–Kier alpha value is 0.560. The first-order valence-electron chi connectivity index (χ1n) is 7.30. The smallest absolute Gasteiger partial charge is 0.0598 e. The number of nitrogens with one attached hydrogen (secondary N) is 1. The maximum atomic E-state index is 6.57. The zero-order valence-electron chi connectivity index (χ0n) is 13.9. The van der Waals surface area contributed by atoms with E-state index in [4.69, 9.17) is 15.4 Å². The minimum Gasteiger partial charge on any atom is -0.376 e. The molecule has 0 saturated heterocycles. The summed E-state index contributed by atoms with van der Waals surface area (Å²) in [6.07, 6.45) is 6.99. The molecular weight excluding hydrogens is 278 g/mol. The highest BCUT2D eigenvalue weighted by Gasteiger charge is 2.21. The molecule has 0 saturated carbocycles. The van der Waals surface area contributed by atoms with E-state index in [9.17, 15) is 0 Å². The molecule has 0 aliphatic rings. The number of hydrogen-bond donors (Lipinski definition) is 1. The summed E-state index contributed by atoms with van der Waals surface area (Å²) in [4.78, 5) is 0. The summed E-state index contributed by atoms with van der Waals surface area (Å²) >= 11 is 0. The van der Waals surface area contributed by atoms with Crippen molar-refractivity contribution in [2.75, 3.05) is 18.6 Å². The van der Waals surface area contributed by atoms with Crippen LogP contribution in [0.25, 0.3) is 0 Å².